The van der Waals surface area contributed by atoms with Gasteiger partial charge in [-0.25, -0.2) is 4.79 Å². The van der Waals surface area contributed by atoms with Crippen molar-refractivity contribution in [3.05, 3.63) is 24.5 Å². The number of hydrogen-bond acceptors (Lipinski definition) is 3. The van der Waals surface area contributed by atoms with Crippen LogP contribution in [0, 0.1) is 5.92 Å². The lowest BCUT2D eigenvalue weighted by Crippen LogP contribution is -2.51. The number of carbonyl (C=O) groups is 2. The summed E-state index contributed by atoms with van der Waals surface area (Å²) in [7, 11) is 0. The number of piperazine rings is 1. The minimum Gasteiger partial charge on any atom is -0.339 e. The lowest BCUT2D eigenvalue weighted by Gasteiger charge is -2.35. The molecule has 6 nitrogen and oxygen atoms in total. The van der Waals surface area contributed by atoms with Crippen molar-refractivity contribution in [2.24, 2.45) is 5.92 Å². The molecule has 6 heteroatoms. The summed E-state index contributed by atoms with van der Waals surface area (Å²) < 4.78 is 0. The van der Waals surface area contributed by atoms with Crippen LogP contribution in [-0.4, -0.2) is 52.9 Å². The van der Waals surface area contributed by atoms with Crippen LogP contribution >= 0.6 is 0 Å². The van der Waals surface area contributed by atoms with E-state index < -0.39 is 0 Å². The van der Waals surface area contributed by atoms with Gasteiger partial charge in [-0.15, -0.1) is 0 Å². The molecule has 0 bridgehead atoms. The van der Waals surface area contributed by atoms with Crippen molar-refractivity contribution in [1.82, 2.24) is 14.8 Å². The van der Waals surface area contributed by atoms with Gasteiger partial charge in [0.15, 0.2) is 0 Å². The van der Waals surface area contributed by atoms with E-state index in [0.717, 1.165) is 5.69 Å². The zero-order valence-electron chi connectivity index (χ0n) is 14.1. The predicted molar refractivity (Wildman–Crippen MR) is 92.6 cm³/mol. The highest BCUT2D eigenvalue weighted by Gasteiger charge is 2.26. The molecule has 1 saturated heterocycles. The Morgan fingerprint density at radius 2 is 1.62 bits per heavy atom. The monoisotopic (exact) mass is 330 g/mol. The van der Waals surface area contributed by atoms with Crippen LogP contribution < -0.4 is 5.32 Å². The first-order valence-corrected chi connectivity index (χ1v) is 8.96. The van der Waals surface area contributed by atoms with E-state index in [-0.39, 0.29) is 11.9 Å². The first kappa shape index (κ1) is 16.7. The van der Waals surface area contributed by atoms with Gasteiger partial charge in [0, 0.05) is 50.7 Å². The van der Waals surface area contributed by atoms with Crippen LogP contribution in [0.1, 0.15) is 38.5 Å². The van der Waals surface area contributed by atoms with E-state index in [1.54, 1.807) is 29.4 Å². The maximum atomic E-state index is 12.4. The Labute approximate surface area is 143 Å². The van der Waals surface area contributed by atoms with Crippen molar-refractivity contribution >= 4 is 17.6 Å². The van der Waals surface area contributed by atoms with E-state index in [1.165, 1.54) is 32.1 Å². The van der Waals surface area contributed by atoms with E-state index in [9.17, 15) is 9.59 Å². The van der Waals surface area contributed by atoms with E-state index in [2.05, 4.69) is 10.3 Å². The highest BCUT2D eigenvalue weighted by atomic mass is 16.2. The number of carbonyl (C=O) groups excluding carboxylic acids is 2. The predicted octanol–water partition coefficient (Wildman–Crippen LogP) is 2.73. The van der Waals surface area contributed by atoms with Gasteiger partial charge in [0.2, 0.25) is 5.91 Å². The maximum absolute atomic E-state index is 12.4. The third kappa shape index (κ3) is 4.46. The molecule has 2 fully saturated rings. The summed E-state index contributed by atoms with van der Waals surface area (Å²) in [4.78, 5) is 32.3. The lowest BCUT2D eigenvalue weighted by molar-refractivity contribution is -0.133. The van der Waals surface area contributed by atoms with Gasteiger partial charge >= 0.3 is 6.03 Å². The molecule has 1 aliphatic carbocycles. The number of nitrogens with zero attached hydrogens (tertiary/aromatic N) is 3. The Balaban J connectivity index is 1.43. The standard InChI is InChI=1S/C18H26N4O2/c23-17(14-15-4-2-1-3-5-15)21-10-12-22(13-11-21)18(24)20-16-6-8-19-9-7-16/h6-9,15H,1-5,10-14H2,(H,19,20,24). The summed E-state index contributed by atoms with van der Waals surface area (Å²) in [6, 6.07) is 3.42. The SMILES string of the molecule is O=C(CC1CCCCC1)N1CCN(C(=O)Nc2ccncc2)CC1. The number of hydrogen-bond donors (Lipinski definition) is 1. The molecule has 24 heavy (non-hydrogen) atoms. The molecule has 0 radical (unpaired) electrons. The van der Waals surface area contributed by atoms with Gasteiger partial charge in [-0.3, -0.25) is 9.78 Å². The molecule has 2 heterocycles. The van der Waals surface area contributed by atoms with Gasteiger partial charge in [0.05, 0.1) is 0 Å². The largest absolute Gasteiger partial charge is 0.339 e. The van der Waals surface area contributed by atoms with Crippen LogP contribution in [0.3, 0.4) is 0 Å². The van der Waals surface area contributed by atoms with E-state index in [4.69, 9.17) is 0 Å². The molecular formula is C18H26N4O2. The normalized spacial score (nSPS) is 19.2. The molecule has 0 atom stereocenters. The molecule has 3 amide bonds. The summed E-state index contributed by atoms with van der Waals surface area (Å²) in [5, 5.41) is 2.86. The van der Waals surface area contributed by atoms with Crippen LogP contribution in [-0.2, 0) is 4.79 Å². The van der Waals surface area contributed by atoms with Crippen LogP contribution in [0.5, 0.6) is 0 Å². The van der Waals surface area contributed by atoms with Crippen molar-refractivity contribution in [3.8, 4) is 0 Å². The fraction of sp³-hybridized carbons (Fsp3) is 0.611. The first-order chi connectivity index (χ1) is 11.7. The molecule has 0 aromatic carbocycles. The number of rotatable bonds is 3. The second kappa shape index (κ2) is 8.13. The first-order valence-electron chi connectivity index (χ1n) is 8.96. The second-order valence-corrected chi connectivity index (χ2v) is 6.74. The molecule has 0 unspecified atom stereocenters. The Hall–Kier alpha value is -2.11. The van der Waals surface area contributed by atoms with Crippen molar-refractivity contribution in [3.63, 3.8) is 0 Å². The Morgan fingerprint density at radius 3 is 2.29 bits per heavy atom. The summed E-state index contributed by atoms with van der Waals surface area (Å²) in [5.74, 6) is 0.829. The fourth-order valence-electron chi connectivity index (χ4n) is 3.56. The van der Waals surface area contributed by atoms with Crippen molar-refractivity contribution in [2.45, 2.75) is 38.5 Å². The molecule has 1 saturated carbocycles. The van der Waals surface area contributed by atoms with E-state index in [0.29, 0.717) is 38.5 Å². The van der Waals surface area contributed by atoms with Gasteiger partial charge in [-0.2, -0.15) is 0 Å². The summed E-state index contributed by atoms with van der Waals surface area (Å²) in [5.41, 5.74) is 0.741. The number of aromatic nitrogens is 1. The van der Waals surface area contributed by atoms with Crippen molar-refractivity contribution in [2.75, 3.05) is 31.5 Å². The number of anilines is 1. The van der Waals surface area contributed by atoms with Gasteiger partial charge in [0.1, 0.15) is 0 Å². The molecule has 1 aliphatic heterocycles. The Morgan fingerprint density at radius 1 is 1.00 bits per heavy atom. The quantitative estimate of drug-likeness (QED) is 0.927. The summed E-state index contributed by atoms with van der Waals surface area (Å²) in [6.07, 6.45) is 10.2. The fourth-order valence-corrected chi connectivity index (χ4v) is 3.56. The lowest BCUT2D eigenvalue weighted by atomic mass is 9.86. The molecule has 3 rings (SSSR count). The Bertz CT molecular complexity index is 549. The van der Waals surface area contributed by atoms with Gasteiger partial charge in [0.25, 0.3) is 0 Å². The zero-order valence-corrected chi connectivity index (χ0v) is 14.1. The van der Waals surface area contributed by atoms with Crippen LogP contribution in [0.25, 0.3) is 0 Å². The van der Waals surface area contributed by atoms with Gasteiger partial charge < -0.3 is 15.1 Å². The highest BCUT2D eigenvalue weighted by Crippen LogP contribution is 2.27. The van der Waals surface area contributed by atoms with Gasteiger partial charge in [-0.1, -0.05) is 19.3 Å². The topological polar surface area (TPSA) is 65.5 Å². The molecular weight excluding hydrogens is 304 g/mol. The second-order valence-electron chi connectivity index (χ2n) is 6.74. The van der Waals surface area contributed by atoms with Crippen LogP contribution in [0.15, 0.2) is 24.5 Å². The number of nitrogens with one attached hydrogen (secondary N) is 1. The van der Waals surface area contributed by atoms with Crippen LogP contribution in [0.2, 0.25) is 0 Å². The van der Waals surface area contributed by atoms with Gasteiger partial charge in [-0.05, 0) is 30.9 Å². The third-order valence-electron chi connectivity index (χ3n) is 5.04. The molecule has 130 valence electrons. The summed E-state index contributed by atoms with van der Waals surface area (Å²) in [6.45, 7) is 2.45. The Kier molecular flexibility index (Phi) is 5.67. The van der Waals surface area contributed by atoms with Crippen molar-refractivity contribution in [1.29, 1.82) is 0 Å². The summed E-state index contributed by atoms with van der Waals surface area (Å²) >= 11 is 0. The smallest absolute Gasteiger partial charge is 0.321 e. The third-order valence-corrected chi connectivity index (χ3v) is 5.04. The number of pyridine rings is 1. The molecule has 0 spiro atoms. The minimum atomic E-state index is -0.111. The van der Waals surface area contributed by atoms with E-state index in [1.807, 2.05) is 4.90 Å². The molecule has 1 N–H and O–H groups in total. The molecule has 1 aromatic heterocycles. The average molecular weight is 330 g/mol. The number of amides is 3. The van der Waals surface area contributed by atoms with E-state index >= 15 is 0 Å². The van der Waals surface area contributed by atoms with Crippen molar-refractivity contribution < 1.29 is 9.59 Å². The molecule has 1 aromatic rings. The maximum Gasteiger partial charge on any atom is 0.321 e. The zero-order chi connectivity index (χ0) is 16.8. The molecule has 2 aliphatic rings. The minimum absolute atomic E-state index is 0.111. The number of urea groups is 1. The van der Waals surface area contributed by atoms with Crippen LogP contribution in [0.4, 0.5) is 10.5 Å². The average Bonchev–Trinajstić information content (AvgIpc) is 2.63. The highest BCUT2D eigenvalue weighted by molar-refractivity contribution is 5.89.